The monoisotopic (exact) mass is 394 g/mol. The number of nitrogens with zero attached hydrogens (tertiary/aromatic N) is 8. The molecule has 0 N–H and O–H groups in total. The van der Waals surface area contributed by atoms with Gasteiger partial charge >= 0.3 is 0 Å². The van der Waals surface area contributed by atoms with Crippen molar-refractivity contribution in [2.24, 2.45) is 0 Å². The summed E-state index contributed by atoms with van der Waals surface area (Å²) in [5.41, 5.74) is 3.24. The van der Waals surface area contributed by atoms with Crippen molar-refractivity contribution in [1.29, 1.82) is 0 Å². The molecule has 0 radical (unpaired) electrons. The van der Waals surface area contributed by atoms with Crippen molar-refractivity contribution in [2.45, 2.75) is 25.7 Å². The largest absolute Gasteiger partial charge is 0.338 e. The molecular formula is C18H18N8OS. The number of amides is 1. The summed E-state index contributed by atoms with van der Waals surface area (Å²) in [6.45, 7) is 3.25. The van der Waals surface area contributed by atoms with Gasteiger partial charge in [-0.05, 0) is 38.0 Å². The lowest BCUT2D eigenvalue weighted by Gasteiger charge is -2.30. The fraction of sp³-hybridized carbons (Fsp3) is 0.333. The lowest BCUT2D eigenvalue weighted by atomic mass is 9.96. The first-order chi connectivity index (χ1) is 13.7. The van der Waals surface area contributed by atoms with Gasteiger partial charge in [-0.2, -0.15) is 9.61 Å². The molecule has 1 amide bonds. The minimum absolute atomic E-state index is 0.0728. The maximum Gasteiger partial charge on any atom is 0.265 e. The van der Waals surface area contributed by atoms with E-state index >= 15 is 0 Å². The number of likely N-dealkylation sites (tertiary alicyclic amines) is 1. The molecule has 0 aliphatic carbocycles. The Morgan fingerprint density at radius 3 is 2.79 bits per heavy atom. The van der Waals surface area contributed by atoms with Gasteiger partial charge in [-0.3, -0.25) is 4.79 Å². The molecule has 9 nitrogen and oxygen atoms in total. The zero-order valence-corrected chi connectivity index (χ0v) is 16.1. The van der Waals surface area contributed by atoms with Gasteiger partial charge in [0, 0.05) is 31.4 Å². The summed E-state index contributed by atoms with van der Waals surface area (Å²) in [6.07, 6.45) is 5.23. The molecule has 0 spiro atoms. The molecule has 28 heavy (non-hydrogen) atoms. The minimum Gasteiger partial charge on any atom is -0.338 e. The molecule has 1 saturated heterocycles. The number of carbonyl (C=O) groups is 1. The van der Waals surface area contributed by atoms with Crippen LogP contribution in [-0.2, 0) is 0 Å². The van der Waals surface area contributed by atoms with Crippen LogP contribution in [-0.4, -0.2) is 58.5 Å². The zero-order valence-electron chi connectivity index (χ0n) is 15.3. The summed E-state index contributed by atoms with van der Waals surface area (Å²) >= 11 is 1.40. The maximum absolute atomic E-state index is 12.7. The second-order valence-electron chi connectivity index (χ2n) is 6.80. The average Bonchev–Trinajstić information content (AvgIpc) is 3.48. The average molecular weight is 394 g/mol. The van der Waals surface area contributed by atoms with Gasteiger partial charge in [0.05, 0.1) is 11.2 Å². The Hall–Kier alpha value is -3.14. The lowest BCUT2D eigenvalue weighted by Crippen LogP contribution is -2.38. The second-order valence-corrected chi connectivity index (χ2v) is 7.66. The first-order valence-electron chi connectivity index (χ1n) is 9.12. The van der Waals surface area contributed by atoms with E-state index in [4.69, 9.17) is 0 Å². The molecule has 4 aromatic rings. The topological polar surface area (TPSA) is 94.1 Å². The van der Waals surface area contributed by atoms with Crippen molar-refractivity contribution in [3.8, 4) is 5.82 Å². The number of piperidine rings is 1. The first-order valence-corrected chi connectivity index (χ1v) is 10.0. The molecule has 10 heteroatoms. The Labute approximate surface area is 164 Å². The van der Waals surface area contributed by atoms with Crippen LogP contribution in [0.25, 0.3) is 11.5 Å². The van der Waals surface area contributed by atoms with Crippen LogP contribution in [0.4, 0.5) is 0 Å². The van der Waals surface area contributed by atoms with E-state index in [1.54, 1.807) is 20.9 Å². The number of aromatic nitrogens is 7. The lowest BCUT2D eigenvalue weighted by molar-refractivity contribution is 0.0714. The molecule has 0 bridgehead atoms. The quantitative estimate of drug-likeness (QED) is 0.528. The summed E-state index contributed by atoms with van der Waals surface area (Å²) < 4.78 is 3.51. The highest BCUT2D eigenvalue weighted by Gasteiger charge is 2.29. The molecule has 1 fully saturated rings. The van der Waals surface area contributed by atoms with Crippen LogP contribution in [0.1, 0.15) is 39.9 Å². The Bertz CT molecular complexity index is 1120. The van der Waals surface area contributed by atoms with Gasteiger partial charge in [-0.15, -0.1) is 26.6 Å². The smallest absolute Gasteiger partial charge is 0.265 e. The van der Waals surface area contributed by atoms with Crippen LogP contribution < -0.4 is 0 Å². The van der Waals surface area contributed by atoms with Crippen molar-refractivity contribution in [1.82, 2.24) is 39.5 Å². The summed E-state index contributed by atoms with van der Waals surface area (Å²) in [4.78, 5) is 19.5. The van der Waals surface area contributed by atoms with E-state index < -0.39 is 0 Å². The van der Waals surface area contributed by atoms with Gasteiger partial charge in [-0.25, -0.2) is 9.67 Å². The van der Waals surface area contributed by atoms with Crippen molar-refractivity contribution >= 4 is 22.9 Å². The number of hydrogen-bond donors (Lipinski definition) is 0. The highest BCUT2D eigenvalue weighted by molar-refractivity contribution is 7.11. The normalized spacial score (nSPS) is 15.4. The number of carbonyl (C=O) groups excluding carboxylic acids is 1. The van der Waals surface area contributed by atoms with E-state index in [2.05, 4.69) is 25.4 Å². The SMILES string of the molecule is Cc1ncsc1C(=O)N1CCC(c2nnc3ccc(-n4cccn4)nn23)CC1. The number of hydrogen-bond acceptors (Lipinski definition) is 7. The summed E-state index contributed by atoms with van der Waals surface area (Å²) in [6, 6.07) is 5.63. The molecule has 0 unspecified atom stereocenters. The van der Waals surface area contributed by atoms with Crippen LogP contribution in [0, 0.1) is 6.92 Å². The van der Waals surface area contributed by atoms with Crippen molar-refractivity contribution in [2.75, 3.05) is 13.1 Å². The molecule has 0 saturated carbocycles. The van der Waals surface area contributed by atoms with E-state index in [1.807, 2.05) is 36.2 Å². The fourth-order valence-corrected chi connectivity index (χ4v) is 4.34. The first kappa shape index (κ1) is 17.0. The third kappa shape index (κ3) is 2.85. The number of fused-ring (bicyclic) bond motifs is 1. The van der Waals surface area contributed by atoms with Crippen molar-refractivity contribution in [3.63, 3.8) is 0 Å². The van der Waals surface area contributed by atoms with E-state index in [9.17, 15) is 4.79 Å². The Morgan fingerprint density at radius 1 is 1.21 bits per heavy atom. The Morgan fingerprint density at radius 2 is 2.07 bits per heavy atom. The molecule has 5 heterocycles. The third-order valence-electron chi connectivity index (χ3n) is 5.10. The van der Waals surface area contributed by atoms with E-state index in [0.29, 0.717) is 24.6 Å². The predicted octanol–water partition coefficient (Wildman–Crippen LogP) is 2.09. The molecule has 4 aromatic heterocycles. The molecule has 0 atom stereocenters. The van der Waals surface area contributed by atoms with E-state index in [-0.39, 0.29) is 11.8 Å². The predicted molar refractivity (Wildman–Crippen MR) is 103 cm³/mol. The molecule has 0 aromatic carbocycles. The summed E-state index contributed by atoms with van der Waals surface area (Å²) in [5.74, 6) is 1.84. The fourth-order valence-electron chi connectivity index (χ4n) is 3.57. The highest BCUT2D eigenvalue weighted by atomic mass is 32.1. The molecule has 1 aliphatic heterocycles. The van der Waals surface area contributed by atoms with E-state index in [0.717, 1.165) is 29.2 Å². The highest BCUT2D eigenvalue weighted by Crippen LogP contribution is 2.28. The standard InChI is InChI=1S/C18H18N8OS/c1-12-16(28-11-19-12)18(27)24-9-5-13(6-10-24)17-22-21-14-3-4-15(23-26(14)17)25-8-2-7-20-25/h2-4,7-8,11,13H,5-6,9-10H2,1H3. The van der Waals surface area contributed by atoms with Crippen LogP contribution in [0.15, 0.2) is 36.1 Å². The number of aryl methyl sites for hydroxylation is 1. The van der Waals surface area contributed by atoms with Crippen LogP contribution in [0.3, 0.4) is 0 Å². The third-order valence-corrected chi connectivity index (χ3v) is 6.02. The summed E-state index contributed by atoms with van der Waals surface area (Å²) in [7, 11) is 0. The van der Waals surface area contributed by atoms with Gasteiger partial charge in [0.2, 0.25) is 0 Å². The Balaban J connectivity index is 1.36. The Kier molecular flexibility index (Phi) is 4.12. The molecule has 142 valence electrons. The van der Waals surface area contributed by atoms with Gasteiger partial charge in [0.25, 0.3) is 5.91 Å². The maximum atomic E-state index is 12.7. The van der Waals surface area contributed by atoms with Crippen LogP contribution in [0.5, 0.6) is 0 Å². The summed E-state index contributed by atoms with van der Waals surface area (Å²) in [5, 5.41) is 17.5. The minimum atomic E-state index is 0.0728. The van der Waals surface area contributed by atoms with Crippen LogP contribution >= 0.6 is 11.3 Å². The van der Waals surface area contributed by atoms with Gasteiger partial charge in [0.15, 0.2) is 17.3 Å². The second kappa shape index (κ2) is 6.79. The van der Waals surface area contributed by atoms with Crippen molar-refractivity contribution in [3.05, 3.63) is 52.5 Å². The van der Waals surface area contributed by atoms with Gasteiger partial charge < -0.3 is 4.90 Å². The van der Waals surface area contributed by atoms with Gasteiger partial charge in [0.1, 0.15) is 4.88 Å². The van der Waals surface area contributed by atoms with Crippen molar-refractivity contribution < 1.29 is 4.79 Å². The number of thiazole rings is 1. The van der Waals surface area contributed by atoms with Gasteiger partial charge in [-0.1, -0.05) is 0 Å². The molecule has 1 aliphatic rings. The van der Waals surface area contributed by atoms with Crippen LogP contribution in [0.2, 0.25) is 0 Å². The molecular weight excluding hydrogens is 376 g/mol. The number of rotatable bonds is 3. The van der Waals surface area contributed by atoms with E-state index in [1.165, 1.54) is 11.3 Å². The zero-order chi connectivity index (χ0) is 19.1. The molecule has 5 rings (SSSR count).